The Morgan fingerprint density at radius 3 is 2.58 bits per heavy atom. The van der Waals surface area contributed by atoms with Crippen molar-refractivity contribution < 1.29 is 9.59 Å². The van der Waals surface area contributed by atoms with Crippen LogP contribution in [0.15, 0.2) is 30.3 Å². The molecule has 2 aliphatic rings. The largest absolute Gasteiger partial charge is 0.325 e. The van der Waals surface area contributed by atoms with Crippen LogP contribution >= 0.6 is 0 Å². The summed E-state index contributed by atoms with van der Waals surface area (Å²) in [5.41, 5.74) is 1.23. The highest BCUT2D eigenvalue weighted by molar-refractivity contribution is 6.04. The lowest BCUT2D eigenvalue weighted by molar-refractivity contribution is -0.128. The van der Waals surface area contributed by atoms with E-state index in [0.29, 0.717) is 13.0 Å². The lowest BCUT2D eigenvalue weighted by Crippen LogP contribution is -2.36. The second kappa shape index (κ2) is 4.37. The molecule has 1 atom stereocenters. The van der Waals surface area contributed by atoms with E-state index in [9.17, 15) is 9.59 Å². The van der Waals surface area contributed by atoms with Gasteiger partial charge in [0.05, 0.1) is 0 Å². The van der Waals surface area contributed by atoms with E-state index in [2.05, 4.69) is 12.2 Å². The molecule has 0 aromatic heterocycles. The van der Waals surface area contributed by atoms with Gasteiger partial charge in [-0.15, -0.1) is 0 Å². The van der Waals surface area contributed by atoms with Gasteiger partial charge < -0.3 is 5.32 Å². The van der Waals surface area contributed by atoms with E-state index in [1.807, 2.05) is 30.3 Å². The molecule has 3 rings (SSSR count). The van der Waals surface area contributed by atoms with Crippen LogP contribution in [0.1, 0.15) is 25.3 Å². The van der Waals surface area contributed by atoms with E-state index >= 15 is 0 Å². The second-order valence-electron chi connectivity index (χ2n) is 5.93. The normalized spacial score (nSPS) is 24.5. The highest BCUT2D eigenvalue weighted by Crippen LogP contribution is 2.45. The van der Waals surface area contributed by atoms with E-state index in [-0.39, 0.29) is 17.4 Å². The standard InChI is InChI=1S/C15H18N2O2/c1-15(7-8-15)10-17-13(18)12(16-14(17)19)9-11-5-3-2-4-6-11/h2-6,12H,7-10H2,1H3,(H,16,19). The molecule has 0 bridgehead atoms. The monoisotopic (exact) mass is 258 g/mol. The molecule has 3 amide bonds. The second-order valence-corrected chi connectivity index (χ2v) is 5.93. The fourth-order valence-electron chi connectivity index (χ4n) is 2.47. The van der Waals surface area contributed by atoms with Crippen molar-refractivity contribution in [3.8, 4) is 0 Å². The number of carbonyl (C=O) groups excluding carboxylic acids is 2. The van der Waals surface area contributed by atoms with Gasteiger partial charge in [0.2, 0.25) is 0 Å². The van der Waals surface area contributed by atoms with Gasteiger partial charge in [-0.25, -0.2) is 4.79 Å². The van der Waals surface area contributed by atoms with Crippen molar-refractivity contribution in [1.29, 1.82) is 0 Å². The number of hydrogen-bond acceptors (Lipinski definition) is 2. The third kappa shape index (κ3) is 2.48. The molecule has 1 heterocycles. The Morgan fingerprint density at radius 2 is 1.95 bits per heavy atom. The smallest absolute Gasteiger partial charge is 0.324 e. The molecule has 1 unspecified atom stereocenters. The fourth-order valence-corrected chi connectivity index (χ4v) is 2.47. The van der Waals surface area contributed by atoms with E-state index in [1.165, 1.54) is 4.90 Å². The van der Waals surface area contributed by atoms with Crippen molar-refractivity contribution in [3.05, 3.63) is 35.9 Å². The van der Waals surface area contributed by atoms with Crippen LogP contribution in [0.25, 0.3) is 0 Å². The first-order chi connectivity index (χ1) is 9.07. The van der Waals surface area contributed by atoms with Crippen LogP contribution in [-0.2, 0) is 11.2 Å². The number of hydrogen-bond donors (Lipinski definition) is 1. The van der Waals surface area contributed by atoms with Gasteiger partial charge in [0.25, 0.3) is 5.91 Å². The molecule has 1 aromatic rings. The van der Waals surface area contributed by atoms with Crippen molar-refractivity contribution in [1.82, 2.24) is 10.2 Å². The van der Waals surface area contributed by atoms with Gasteiger partial charge in [-0.05, 0) is 23.8 Å². The average molecular weight is 258 g/mol. The Balaban J connectivity index is 1.68. The van der Waals surface area contributed by atoms with Gasteiger partial charge in [-0.1, -0.05) is 37.3 Å². The summed E-state index contributed by atoms with van der Waals surface area (Å²) in [5, 5.41) is 2.79. The third-order valence-corrected chi connectivity index (χ3v) is 4.03. The van der Waals surface area contributed by atoms with Crippen LogP contribution in [0.2, 0.25) is 0 Å². The molecule has 1 N–H and O–H groups in total. The highest BCUT2D eigenvalue weighted by atomic mass is 16.2. The summed E-state index contributed by atoms with van der Waals surface area (Å²) in [4.78, 5) is 25.5. The van der Waals surface area contributed by atoms with Crippen molar-refractivity contribution >= 4 is 11.9 Å². The molecule has 1 saturated carbocycles. The van der Waals surface area contributed by atoms with Gasteiger partial charge in [0.1, 0.15) is 6.04 Å². The van der Waals surface area contributed by atoms with Crippen LogP contribution < -0.4 is 5.32 Å². The maximum Gasteiger partial charge on any atom is 0.324 e. The quantitative estimate of drug-likeness (QED) is 0.839. The Kier molecular flexibility index (Phi) is 2.81. The number of amides is 3. The van der Waals surface area contributed by atoms with E-state index in [4.69, 9.17) is 0 Å². The molecule has 1 aromatic carbocycles. The molecule has 4 heteroatoms. The van der Waals surface area contributed by atoms with Crippen LogP contribution in [0, 0.1) is 5.41 Å². The zero-order chi connectivity index (χ0) is 13.5. The molecular formula is C15H18N2O2. The van der Waals surface area contributed by atoms with E-state index < -0.39 is 6.04 Å². The molecule has 1 aliphatic heterocycles. The van der Waals surface area contributed by atoms with Gasteiger partial charge in [0, 0.05) is 13.0 Å². The van der Waals surface area contributed by atoms with Crippen LogP contribution in [0.3, 0.4) is 0 Å². The van der Waals surface area contributed by atoms with Crippen molar-refractivity contribution in [2.24, 2.45) is 5.41 Å². The Bertz CT molecular complexity index is 508. The Labute approximate surface area is 112 Å². The first kappa shape index (κ1) is 12.2. The lowest BCUT2D eigenvalue weighted by Gasteiger charge is -2.17. The first-order valence-electron chi connectivity index (χ1n) is 6.73. The molecule has 19 heavy (non-hydrogen) atoms. The van der Waals surface area contributed by atoms with Crippen molar-refractivity contribution in [2.75, 3.05) is 6.54 Å². The van der Waals surface area contributed by atoms with Crippen LogP contribution in [0.5, 0.6) is 0 Å². The van der Waals surface area contributed by atoms with Crippen molar-refractivity contribution in [3.63, 3.8) is 0 Å². The van der Waals surface area contributed by atoms with Gasteiger partial charge in [-0.3, -0.25) is 9.69 Å². The summed E-state index contributed by atoms with van der Waals surface area (Å²) in [7, 11) is 0. The number of urea groups is 1. The molecule has 1 saturated heterocycles. The molecule has 0 radical (unpaired) electrons. The zero-order valence-electron chi connectivity index (χ0n) is 11.1. The minimum atomic E-state index is -0.405. The fraction of sp³-hybridized carbons (Fsp3) is 0.467. The van der Waals surface area contributed by atoms with E-state index in [0.717, 1.165) is 18.4 Å². The average Bonchev–Trinajstić information content (AvgIpc) is 3.08. The summed E-state index contributed by atoms with van der Waals surface area (Å²) < 4.78 is 0. The topological polar surface area (TPSA) is 49.4 Å². The van der Waals surface area contributed by atoms with Crippen molar-refractivity contribution in [2.45, 2.75) is 32.2 Å². The Morgan fingerprint density at radius 1 is 1.26 bits per heavy atom. The Hall–Kier alpha value is -1.84. The molecule has 100 valence electrons. The minimum absolute atomic E-state index is 0.0815. The number of nitrogens with one attached hydrogen (secondary N) is 1. The minimum Gasteiger partial charge on any atom is -0.325 e. The number of nitrogens with zero attached hydrogens (tertiary/aromatic N) is 1. The number of carbonyl (C=O) groups is 2. The van der Waals surface area contributed by atoms with Crippen LogP contribution in [-0.4, -0.2) is 29.4 Å². The van der Waals surface area contributed by atoms with Gasteiger partial charge in [-0.2, -0.15) is 0 Å². The number of imide groups is 1. The SMILES string of the molecule is CC1(CN2C(=O)NC(Cc3ccccc3)C2=O)CC1. The number of benzene rings is 1. The lowest BCUT2D eigenvalue weighted by atomic mass is 10.1. The molecular weight excluding hydrogens is 240 g/mol. The van der Waals surface area contributed by atoms with Gasteiger partial charge in [0.15, 0.2) is 0 Å². The zero-order valence-corrected chi connectivity index (χ0v) is 11.1. The maximum atomic E-state index is 12.3. The molecule has 1 aliphatic carbocycles. The summed E-state index contributed by atoms with van der Waals surface area (Å²) >= 11 is 0. The summed E-state index contributed by atoms with van der Waals surface area (Å²) in [6.45, 7) is 2.68. The maximum absolute atomic E-state index is 12.3. The summed E-state index contributed by atoms with van der Waals surface area (Å²) in [5.74, 6) is -0.0815. The van der Waals surface area contributed by atoms with Crippen LogP contribution in [0.4, 0.5) is 4.79 Å². The first-order valence-corrected chi connectivity index (χ1v) is 6.73. The highest BCUT2D eigenvalue weighted by Gasteiger charge is 2.46. The predicted octanol–water partition coefficient (Wildman–Crippen LogP) is 1.95. The predicted molar refractivity (Wildman–Crippen MR) is 71.5 cm³/mol. The number of rotatable bonds is 4. The summed E-state index contributed by atoms with van der Waals surface area (Å²) in [6.07, 6.45) is 2.78. The molecule has 2 fully saturated rings. The van der Waals surface area contributed by atoms with E-state index in [1.54, 1.807) is 0 Å². The molecule has 4 nitrogen and oxygen atoms in total. The summed E-state index contributed by atoms with van der Waals surface area (Å²) in [6, 6.07) is 9.14. The molecule has 0 spiro atoms. The third-order valence-electron chi connectivity index (χ3n) is 4.03. The van der Waals surface area contributed by atoms with Gasteiger partial charge >= 0.3 is 6.03 Å².